The lowest BCUT2D eigenvalue weighted by Gasteiger charge is -2.34. The molecule has 2 heterocycles. The van der Waals surface area contributed by atoms with E-state index in [4.69, 9.17) is 14.5 Å². The smallest absolute Gasteiger partial charge is 0.414 e. The zero-order chi connectivity index (χ0) is 27.1. The van der Waals surface area contributed by atoms with Crippen LogP contribution in [-0.4, -0.2) is 52.1 Å². The van der Waals surface area contributed by atoms with Crippen LogP contribution in [0.15, 0.2) is 30.3 Å². The minimum Gasteiger partial charge on any atom is -0.496 e. The predicted molar refractivity (Wildman–Crippen MR) is 138 cm³/mol. The number of methoxy groups -OCH3 is 2. The van der Waals surface area contributed by atoms with Gasteiger partial charge in [-0.05, 0) is 69.4 Å². The molecule has 1 aliphatic carbocycles. The SMILES string of the molecule is COC(=O)N1c2ccc3c(nc([C@H](O)c4cc(F)ccc4OC)n3[C@@H]3CCC[C@@H](C(=O)O)C3)c2CC[C@H]1C. The highest BCUT2D eigenvalue weighted by Gasteiger charge is 2.36. The van der Waals surface area contributed by atoms with Crippen LogP contribution in [0.2, 0.25) is 0 Å². The number of ether oxygens (including phenoxy) is 2. The highest BCUT2D eigenvalue weighted by Crippen LogP contribution is 2.43. The van der Waals surface area contributed by atoms with Crippen molar-refractivity contribution in [3.8, 4) is 5.75 Å². The molecule has 202 valence electrons. The van der Waals surface area contributed by atoms with Gasteiger partial charge >= 0.3 is 12.1 Å². The number of halogens is 1. The van der Waals surface area contributed by atoms with Gasteiger partial charge in [-0.1, -0.05) is 6.42 Å². The molecule has 4 atom stereocenters. The third kappa shape index (κ3) is 4.36. The number of nitrogens with zero attached hydrogens (tertiary/aromatic N) is 3. The van der Waals surface area contributed by atoms with Crippen LogP contribution in [0.3, 0.4) is 0 Å². The highest BCUT2D eigenvalue weighted by molar-refractivity contribution is 5.95. The number of carbonyl (C=O) groups excluding carboxylic acids is 1. The van der Waals surface area contributed by atoms with Crippen molar-refractivity contribution in [2.24, 2.45) is 5.92 Å². The van der Waals surface area contributed by atoms with Crippen LogP contribution in [0.25, 0.3) is 11.0 Å². The number of fused-ring (bicyclic) bond motifs is 3. The minimum atomic E-state index is -1.33. The molecule has 0 radical (unpaired) electrons. The number of aliphatic carboxylic acids is 1. The molecule has 1 fully saturated rings. The maximum Gasteiger partial charge on any atom is 0.414 e. The molecule has 2 aromatic carbocycles. The molecule has 0 saturated heterocycles. The average molecular weight is 526 g/mol. The zero-order valence-corrected chi connectivity index (χ0v) is 21.7. The second-order valence-electron chi connectivity index (χ2n) is 10.1. The number of aromatic nitrogens is 2. The van der Waals surface area contributed by atoms with Gasteiger partial charge in [0.15, 0.2) is 0 Å². The zero-order valence-electron chi connectivity index (χ0n) is 21.7. The fourth-order valence-corrected chi connectivity index (χ4v) is 6.05. The molecule has 9 nitrogen and oxygen atoms in total. The lowest BCUT2D eigenvalue weighted by Crippen LogP contribution is -2.42. The molecule has 1 amide bonds. The number of hydrogen-bond acceptors (Lipinski definition) is 6. The Kier molecular flexibility index (Phi) is 7.00. The van der Waals surface area contributed by atoms with E-state index < -0.39 is 29.9 Å². The minimum absolute atomic E-state index is 0.0641. The van der Waals surface area contributed by atoms with Gasteiger partial charge in [0.1, 0.15) is 23.5 Å². The number of aliphatic hydroxyl groups is 1. The molecule has 2 N–H and O–H groups in total. The largest absolute Gasteiger partial charge is 0.496 e. The highest BCUT2D eigenvalue weighted by atomic mass is 19.1. The molecule has 0 spiro atoms. The van der Waals surface area contributed by atoms with Gasteiger partial charge < -0.3 is 24.3 Å². The Morgan fingerprint density at radius 2 is 1.95 bits per heavy atom. The summed E-state index contributed by atoms with van der Waals surface area (Å²) in [6.07, 6.45) is 2.01. The van der Waals surface area contributed by atoms with E-state index in [0.29, 0.717) is 42.6 Å². The van der Waals surface area contributed by atoms with Crippen molar-refractivity contribution in [2.45, 2.75) is 63.6 Å². The quantitative estimate of drug-likeness (QED) is 0.482. The maximum atomic E-state index is 14.3. The third-order valence-corrected chi connectivity index (χ3v) is 7.94. The number of carboxylic acid groups (broad SMARTS) is 1. The molecule has 0 unspecified atom stereocenters. The fraction of sp³-hybridized carbons (Fsp3) is 0.464. The number of imidazole rings is 1. The van der Waals surface area contributed by atoms with Crippen molar-refractivity contribution in [3.63, 3.8) is 0 Å². The summed E-state index contributed by atoms with van der Waals surface area (Å²) in [4.78, 5) is 31.0. The standard InChI is InChI=1S/C28H32FN3O6/c1-15-7-9-19-21(31(15)28(36)38-3)10-11-22-24(19)30-26(25(33)20-14-17(29)8-12-23(20)37-2)32(22)18-6-4-5-16(13-18)27(34)35/h8,10-12,14-16,18,25,33H,4-7,9,13H2,1-3H3,(H,34,35)/t15-,16-,18-,25-/m1/s1. The molecule has 1 aromatic heterocycles. The number of rotatable bonds is 5. The Morgan fingerprint density at radius 1 is 1.16 bits per heavy atom. The van der Waals surface area contributed by atoms with Gasteiger partial charge in [0.05, 0.1) is 36.9 Å². The van der Waals surface area contributed by atoms with E-state index in [0.717, 1.165) is 23.9 Å². The number of aryl methyl sites for hydroxylation is 1. The number of carboxylic acids is 1. The van der Waals surface area contributed by atoms with Gasteiger partial charge in [-0.25, -0.2) is 14.2 Å². The van der Waals surface area contributed by atoms with E-state index in [1.54, 1.807) is 4.90 Å². The molecule has 1 saturated carbocycles. The van der Waals surface area contributed by atoms with Crippen LogP contribution in [0, 0.1) is 11.7 Å². The molecular weight excluding hydrogens is 493 g/mol. The van der Waals surface area contributed by atoms with E-state index in [9.17, 15) is 24.2 Å². The summed E-state index contributed by atoms with van der Waals surface area (Å²) in [5.41, 5.74) is 3.15. The number of carbonyl (C=O) groups is 2. The summed E-state index contributed by atoms with van der Waals surface area (Å²) < 4.78 is 26.6. The molecule has 38 heavy (non-hydrogen) atoms. The number of benzene rings is 2. The van der Waals surface area contributed by atoms with Crippen LogP contribution in [0.4, 0.5) is 14.9 Å². The van der Waals surface area contributed by atoms with Gasteiger partial charge in [0.25, 0.3) is 0 Å². The van der Waals surface area contributed by atoms with Crippen LogP contribution in [-0.2, 0) is 16.0 Å². The second-order valence-corrected chi connectivity index (χ2v) is 10.1. The second kappa shape index (κ2) is 10.2. The molecule has 2 aliphatic rings. The van der Waals surface area contributed by atoms with Gasteiger partial charge in [0, 0.05) is 23.2 Å². The summed E-state index contributed by atoms with van der Waals surface area (Å²) in [7, 11) is 2.79. The van der Waals surface area contributed by atoms with Gasteiger partial charge in [-0.3, -0.25) is 9.69 Å². The Hall–Kier alpha value is -3.66. The molecule has 5 rings (SSSR count). The summed E-state index contributed by atoms with van der Waals surface area (Å²) >= 11 is 0. The Morgan fingerprint density at radius 3 is 2.66 bits per heavy atom. The molecule has 0 bridgehead atoms. The van der Waals surface area contributed by atoms with E-state index in [1.807, 2.05) is 23.6 Å². The molecular formula is C28H32FN3O6. The normalized spacial score (nSPS) is 22.1. The molecule has 3 aromatic rings. The Balaban J connectivity index is 1.72. The van der Waals surface area contributed by atoms with E-state index in [-0.39, 0.29) is 23.5 Å². The van der Waals surface area contributed by atoms with Gasteiger partial charge in [-0.2, -0.15) is 0 Å². The molecule has 1 aliphatic heterocycles. The summed E-state index contributed by atoms with van der Waals surface area (Å²) in [6.45, 7) is 1.96. The van der Waals surface area contributed by atoms with Crippen molar-refractivity contribution in [1.29, 1.82) is 0 Å². The first kappa shape index (κ1) is 26.0. The van der Waals surface area contributed by atoms with Crippen molar-refractivity contribution in [2.75, 3.05) is 19.1 Å². The van der Waals surface area contributed by atoms with Crippen molar-refractivity contribution >= 4 is 28.8 Å². The average Bonchev–Trinajstić information content (AvgIpc) is 3.32. The first-order chi connectivity index (χ1) is 18.2. The lowest BCUT2D eigenvalue weighted by atomic mass is 9.85. The number of hydrogen-bond donors (Lipinski definition) is 2. The third-order valence-electron chi connectivity index (χ3n) is 7.94. The maximum absolute atomic E-state index is 14.3. The van der Waals surface area contributed by atoms with E-state index >= 15 is 0 Å². The first-order valence-corrected chi connectivity index (χ1v) is 12.9. The van der Waals surface area contributed by atoms with Crippen molar-refractivity contribution in [1.82, 2.24) is 9.55 Å². The summed E-state index contributed by atoms with van der Waals surface area (Å²) in [5, 5.41) is 21.3. The van der Waals surface area contributed by atoms with Gasteiger partial charge in [-0.15, -0.1) is 0 Å². The monoisotopic (exact) mass is 525 g/mol. The number of anilines is 1. The summed E-state index contributed by atoms with van der Waals surface area (Å²) in [6, 6.07) is 7.37. The van der Waals surface area contributed by atoms with Crippen LogP contribution < -0.4 is 9.64 Å². The van der Waals surface area contributed by atoms with Crippen LogP contribution in [0.5, 0.6) is 5.75 Å². The number of amides is 1. The number of aliphatic hydroxyl groups excluding tert-OH is 1. The van der Waals surface area contributed by atoms with Crippen molar-refractivity contribution < 1.29 is 33.7 Å². The fourth-order valence-electron chi connectivity index (χ4n) is 6.05. The summed E-state index contributed by atoms with van der Waals surface area (Å²) in [5.74, 6) is -1.26. The van der Waals surface area contributed by atoms with Crippen LogP contribution >= 0.6 is 0 Å². The van der Waals surface area contributed by atoms with Gasteiger partial charge in [0.2, 0.25) is 0 Å². The lowest BCUT2D eigenvalue weighted by molar-refractivity contribution is -0.143. The topological polar surface area (TPSA) is 114 Å². The van der Waals surface area contributed by atoms with Crippen LogP contribution in [0.1, 0.15) is 68.1 Å². The van der Waals surface area contributed by atoms with E-state index in [2.05, 4.69) is 0 Å². The molecule has 10 heteroatoms. The first-order valence-electron chi connectivity index (χ1n) is 12.9. The Labute approximate surface area is 219 Å². The predicted octanol–water partition coefficient (Wildman–Crippen LogP) is 4.99. The Bertz CT molecular complexity index is 1390. The van der Waals surface area contributed by atoms with Crippen molar-refractivity contribution in [3.05, 3.63) is 53.1 Å². The van der Waals surface area contributed by atoms with E-state index in [1.165, 1.54) is 32.4 Å².